The van der Waals surface area contributed by atoms with Crippen LogP contribution in [0.15, 0.2) is 0 Å². The molecule has 0 aromatic heterocycles. The molecule has 3 heteroatoms. The van der Waals surface area contributed by atoms with Crippen molar-refractivity contribution in [3.63, 3.8) is 0 Å². The van der Waals surface area contributed by atoms with Crippen molar-refractivity contribution in [1.82, 2.24) is 9.80 Å². The molecule has 2 N–H and O–H groups in total. The number of likely N-dealkylation sites (N-methyl/N-ethyl adjacent to an activating group) is 2. The van der Waals surface area contributed by atoms with Crippen LogP contribution in [-0.4, -0.2) is 50.7 Å². The smallest absolute Gasteiger partial charge is 0.0697 e. The highest BCUT2D eigenvalue weighted by atomic mass is 15.2. The fourth-order valence-corrected chi connectivity index (χ4v) is 0.537. The Morgan fingerprint density at radius 2 is 1.67 bits per heavy atom. The van der Waals surface area contributed by atoms with Gasteiger partial charge in [0.05, 0.1) is 6.17 Å². The SMILES string of the molecule is CN(C)C[C@H](N)N(C)C. The van der Waals surface area contributed by atoms with E-state index in [1.54, 1.807) is 0 Å². The number of nitrogens with two attached hydrogens (primary N) is 1. The van der Waals surface area contributed by atoms with Gasteiger partial charge in [-0.25, -0.2) is 0 Å². The predicted octanol–water partition coefficient (Wildman–Crippen LogP) is -0.606. The summed E-state index contributed by atoms with van der Waals surface area (Å²) >= 11 is 0. The molecule has 0 aromatic rings. The Balaban J connectivity index is 3.38. The molecule has 0 aliphatic heterocycles. The minimum absolute atomic E-state index is 0.153. The second-order valence-electron chi connectivity index (χ2n) is 2.79. The predicted molar refractivity (Wildman–Crippen MR) is 40.2 cm³/mol. The molecule has 3 nitrogen and oxygen atoms in total. The van der Waals surface area contributed by atoms with Gasteiger partial charge in [0, 0.05) is 6.54 Å². The first-order valence-electron chi connectivity index (χ1n) is 3.10. The van der Waals surface area contributed by atoms with E-state index in [4.69, 9.17) is 5.73 Å². The maximum Gasteiger partial charge on any atom is 0.0697 e. The number of hydrogen-bond donors (Lipinski definition) is 1. The molecule has 1 atom stereocenters. The molecule has 0 rings (SSSR count). The fraction of sp³-hybridized carbons (Fsp3) is 1.00. The molecule has 0 fully saturated rings. The summed E-state index contributed by atoms with van der Waals surface area (Å²) in [5.74, 6) is 0. The molecule has 0 saturated heterocycles. The van der Waals surface area contributed by atoms with Gasteiger partial charge in [-0.1, -0.05) is 0 Å². The quantitative estimate of drug-likeness (QED) is 0.519. The normalized spacial score (nSPS) is 15.0. The first-order valence-corrected chi connectivity index (χ1v) is 3.10. The Kier molecular flexibility index (Phi) is 3.77. The van der Waals surface area contributed by atoms with Gasteiger partial charge in [0.2, 0.25) is 0 Å². The number of nitrogens with zero attached hydrogens (tertiary/aromatic N) is 2. The molecule has 0 bridgehead atoms. The molecule has 9 heavy (non-hydrogen) atoms. The van der Waals surface area contributed by atoms with Crippen molar-refractivity contribution in [1.29, 1.82) is 0 Å². The highest BCUT2D eigenvalue weighted by Gasteiger charge is 2.03. The van der Waals surface area contributed by atoms with Gasteiger partial charge >= 0.3 is 0 Å². The maximum absolute atomic E-state index is 5.70. The van der Waals surface area contributed by atoms with Crippen LogP contribution >= 0.6 is 0 Å². The van der Waals surface area contributed by atoms with E-state index in [0.29, 0.717) is 0 Å². The summed E-state index contributed by atoms with van der Waals surface area (Å²) in [6.45, 7) is 0.910. The van der Waals surface area contributed by atoms with E-state index in [1.165, 1.54) is 0 Å². The molecular weight excluding hydrogens is 114 g/mol. The van der Waals surface area contributed by atoms with Crippen LogP contribution in [0.4, 0.5) is 0 Å². The first-order chi connectivity index (χ1) is 4.04. The van der Waals surface area contributed by atoms with Crippen LogP contribution in [0.5, 0.6) is 0 Å². The lowest BCUT2D eigenvalue weighted by molar-refractivity contribution is 0.234. The van der Waals surface area contributed by atoms with E-state index in [9.17, 15) is 0 Å². The number of rotatable bonds is 3. The molecule has 0 heterocycles. The second kappa shape index (κ2) is 3.82. The number of hydrogen-bond acceptors (Lipinski definition) is 3. The van der Waals surface area contributed by atoms with Gasteiger partial charge < -0.3 is 10.6 Å². The molecule has 0 radical (unpaired) electrons. The van der Waals surface area contributed by atoms with Gasteiger partial charge in [-0.3, -0.25) is 4.90 Å². The zero-order valence-corrected chi connectivity index (χ0v) is 6.76. The van der Waals surface area contributed by atoms with Crippen LogP contribution < -0.4 is 5.73 Å². The van der Waals surface area contributed by atoms with Crippen molar-refractivity contribution < 1.29 is 0 Å². The molecular formula is C6H17N3. The van der Waals surface area contributed by atoms with E-state index < -0.39 is 0 Å². The third-order valence-corrected chi connectivity index (χ3v) is 1.22. The van der Waals surface area contributed by atoms with E-state index in [-0.39, 0.29) is 6.17 Å². The Morgan fingerprint density at radius 3 is 1.78 bits per heavy atom. The molecule has 0 saturated carbocycles. The highest BCUT2D eigenvalue weighted by Crippen LogP contribution is 1.84. The summed E-state index contributed by atoms with van der Waals surface area (Å²) in [5, 5.41) is 0. The lowest BCUT2D eigenvalue weighted by Gasteiger charge is -2.22. The van der Waals surface area contributed by atoms with E-state index in [0.717, 1.165) is 6.54 Å². The van der Waals surface area contributed by atoms with Crippen molar-refractivity contribution in [3.8, 4) is 0 Å². The van der Waals surface area contributed by atoms with Gasteiger partial charge in [0.1, 0.15) is 0 Å². The van der Waals surface area contributed by atoms with Gasteiger partial charge in [-0.05, 0) is 28.2 Å². The summed E-state index contributed by atoms with van der Waals surface area (Å²) in [6.07, 6.45) is 0.153. The lowest BCUT2D eigenvalue weighted by atomic mass is 10.4. The van der Waals surface area contributed by atoms with Crippen LogP contribution in [0.2, 0.25) is 0 Å². The average Bonchev–Trinajstić information content (AvgIpc) is 1.63. The van der Waals surface area contributed by atoms with Crippen molar-refractivity contribution in [2.45, 2.75) is 6.17 Å². The van der Waals surface area contributed by atoms with Crippen LogP contribution in [0.1, 0.15) is 0 Å². The second-order valence-corrected chi connectivity index (χ2v) is 2.79. The zero-order chi connectivity index (χ0) is 7.44. The standard InChI is InChI=1S/C6H17N3/c1-8(2)5-6(7)9(3)4/h6H,5,7H2,1-4H3/t6-/m1/s1. The summed E-state index contributed by atoms with van der Waals surface area (Å²) in [5.41, 5.74) is 5.70. The lowest BCUT2D eigenvalue weighted by Crippen LogP contribution is -2.44. The van der Waals surface area contributed by atoms with E-state index in [2.05, 4.69) is 4.90 Å². The zero-order valence-electron chi connectivity index (χ0n) is 6.76. The molecule has 0 aromatic carbocycles. The monoisotopic (exact) mass is 131 g/mol. The molecule has 0 aliphatic rings. The summed E-state index contributed by atoms with van der Waals surface area (Å²) in [7, 11) is 8.00. The van der Waals surface area contributed by atoms with E-state index in [1.807, 2.05) is 33.1 Å². The topological polar surface area (TPSA) is 32.5 Å². The van der Waals surface area contributed by atoms with Crippen molar-refractivity contribution >= 4 is 0 Å². The van der Waals surface area contributed by atoms with Crippen LogP contribution in [-0.2, 0) is 0 Å². The van der Waals surface area contributed by atoms with Crippen molar-refractivity contribution in [2.24, 2.45) is 5.73 Å². The molecule has 0 amide bonds. The Bertz CT molecular complexity index is 70.7. The minimum atomic E-state index is 0.153. The average molecular weight is 131 g/mol. The van der Waals surface area contributed by atoms with Gasteiger partial charge in [0.25, 0.3) is 0 Å². The third-order valence-electron chi connectivity index (χ3n) is 1.22. The van der Waals surface area contributed by atoms with Crippen LogP contribution in [0, 0.1) is 0 Å². The first kappa shape index (κ1) is 8.88. The fourth-order valence-electron chi connectivity index (χ4n) is 0.537. The van der Waals surface area contributed by atoms with Crippen LogP contribution in [0.3, 0.4) is 0 Å². The summed E-state index contributed by atoms with van der Waals surface area (Å²) in [6, 6.07) is 0. The maximum atomic E-state index is 5.70. The van der Waals surface area contributed by atoms with Crippen molar-refractivity contribution in [2.75, 3.05) is 34.7 Å². The largest absolute Gasteiger partial charge is 0.315 e. The van der Waals surface area contributed by atoms with Gasteiger partial charge in [0.15, 0.2) is 0 Å². The Morgan fingerprint density at radius 1 is 1.22 bits per heavy atom. The van der Waals surface area contributed by atoms with Gasteiger partial charge in [-0.2, -0.15) is 0 Å². The summed E-state index contributed by atoms with van der Waals surface area (Å²) in [4.78, 5) is 4.07. The third kappa shape index (κ3) is 4.39. The van der Waals surface area contributed by atoms with Crippen LogP contribution in [0.25, 0.3) is 0 Å². The van der Waals surface area contributed by atoms with E-state index >= 15 is 0 Å². The Hall–Kier alpha value is -0.120. The minimum Gasteiger partial charge on any atom is -0.315 e. The molecule has 0 aliphatic carbocycles. The van der Waals surface area contributed by atoms with Crippen molar-refractivity contribution in [3.05, 3.63) is 0 Å². The summed E-state index contributed by atoms with van der Waals surface area (Å²) < 4.78 is 0. The van der Waals surface area contributed by atoms with Gasteiger partial charge in [-0.15, -0.1) is 0 Å². The Labute approximate surface area is 57.4 Å². The highest BCUT2D eigenvalue weighted by molar-refractivity contribution is 4.59. The molecule has 0 unspecified atom stereocenters. The molecule has 0 spiro atoms. The molecule has 56 valence electrons.